The van der Waals surface area contributed by atoms with E-state index in [-0.39, 0.29) is 0 Å². The summed E-state index contributed by atoms with van der Waals surface area (Å²) in [6, 6.07) is 7.23. The maximum Gasteiger partial charge on any atom is 0.161 e. The van der Waals surface area contributed by atoms with Gasteiger partial charge in [-0.25, -0.2) is 0 Å². The van der Waals surface area contributed by atoms with E-state index >= 15 is 0 Å². The summed E-state index contributed by atoms with van der Waals surface area (Å²) in [5.41, 5.74) is 1.28. The van der Waals surface area contributed by atoms with Crippen LogP contribution in [0.15, 0.2) is 18.2 Å². The Morgan fingerprint density at radius 1 is 1.00 bits per heavy atom. The number of rotatable bonds is 4. The average molecular weight is 289 g/mol. The standard InChI is InChI=1S/C18H27NO2/c1-13(15-6-4-3-5-7-15)19-14(2)16-8-9-17-18(12-16)21-11-10-20-17/h8-9,12-15,19H,3-7,10-11H2,1-2H3. The second kappa shape index (κ2) is 6.69. The zero-order valence-corrected chi connectivity index (χ0v) is 13.2. The molecule has 2 aliphatic rings. The van der Waals surface area contributed by atoms with Crippen LogP contribution in [0.1, 0.15) is 57.6 Å². The van der Waals surface area contributed by atoms with Crippen LogP contribution in [0.2, 0.25) is 0 Å². The van der Waals surface area contributed by atoms with E-state index < -0.39 is 0 Å². The topological polar surface area (TPSA) is 30.5 Å². The first-order valence-electron chi connectivity index (χ1n) is 8.39. The zero-order valence-electron chi connectivity index (χ0n) is 13.2. The third kappa shape index (κ3) is 3.52. The van der Waals surface area contributed by atoms with E-state index in [9.17, 15) is 0 Å². The second-order valence-corrected chi connectivity index (χ2v) is 6.48. The highest BCUT2D eigenvalue weighted by Crippen LogP contribution is 2.33. The van der Waals surface area contributed by atoms with Crippen molar-refractivity contribution in [3.8, 4) is 11.5 Å². The Morgan fingerprint density at radius 3 is 2.48 bits per heavy atom. The number of fused-ring (bicyclic) bond motifs is 1. The third-order valence-corrected chi connectivity index (χ3v) is 4.94. The molecular formula is C18H27NO2. The van der Waals surface area contributed by atoms with Crippen LogP contribution in [0, 0.1) is 5.92 Å². The van der Waals surface area contributed by atoms with Crippen molar-refractivity contribution in [1.29, 1.82) is 0 Å². The molecule has 1 aliphatic carbocycles. The van der Waals surface area contributed by atoms with Crippen molar-refractivity contribution < 1.29 is 9.47 Å². The molecule has 2 atom stereocenters. The molecule has 1 N–H and O–H groups in total. The lowest BCUT2D eigenvalue weighted by Crippen LogP contribution is -2.36. The van der Waals surface area contributed by atoms with Gasteiger partial charge in [0.15, 0.2) is 11.5 Å². The Balaban J connectivity index is 1.63. The fraction of sp³-hybridized carbons (Fsp3) is 0.667. The van der Waals surface area contributed by atoms with Gasteiger partial charge in [0, 0.05) is 12.1 Å². The summed E-state index contributed by atoms with van der Waals surface area (Å²) in [6.07, 6.45) is 6.97. The molecule has 1 aliphatic heterocycles. The Labute approximate surface area is 128 Å². The average Bonchev–Trinajstić information content (AvgIpc) is 2.55. The highest BCUT2D eigenvalue weighted by atomic mass is 16.6. The summed E-state index contributed by atoms with van der Waals surface area (Å²) in [7, 11) is 0. The maximum absolute atomic E-state index is 5.68. The van der Waals surface area contributed by atoms with Gasteiger partial charge in [0.2, 0.25) is 0 Å². The van der Waals surface area contributed by atoms with Gasteiger partial charge in [0.25, 0.3) is 0 Å². The fourth-order valence-electron chi connectivity index (χ4n) is 3.59. The summed E-state index contributed by atoms with van der Waals surface area (Å²) < 4.78 is 11.3. The highest BCUT2D eigenvalue weighted by molar-refractivity contribution is 5.44. The number of nitrogens with one attached hydrogen (secondary N) is 1. The fourth-order valence-corrected chi connectivity index (χ4v) is 3.59. The van der Waals surface area contributed by atoms with Gasteiger partial charge in [-0.2, -0.15) is 0 Å². The van der Waals surface area contributed by atoms with Gasteiger partial charge in [0.05, 0.1) is 0 Å². The van der Waals surface area contributed by atoms with Gasteiger partial charge in [-0.3, -0.25) is 0 Å². The lowest BCUT2D eigenvalue weighted by Gasteiger charge is -2.31. The molecule has 0 bridgehead atoms. The minimum Gasteiger partial charge on any atom is -0.486 e. The van der Waals surface area contributed by atoms with Gasteiger partial charge in [-0.05, 0) is 50.3 Å². The number of hydrogen-bond acceptors (Lipinski definition) is 3. The minimum absolute atomic E-state index is 0.345. The van der Waals surface area contributed by atoms with Crippen molar-refractivity contribution in [2.75, 3.05) is 13.2 Å². The molecular weight excluding hydrogens is 262 g/mol. The molecule has 0 amide bonds. The Morgan fingerprint density at radius 2 is 1.71 bits per heavy atom. The number of hydrogen-bond donors (Lipinski definition) is 1. The molecule has 116 valence electrons. The smallest absolute Gasteiger partial charge is 0.161 e. The molecule has 0 saturated heterocycles. The quantitative estimate of drug-likeness (QED) is 0.906. The van der Waals surface area contributed by atoms with Crippen LogP contribution < -0.4 is 14.8 Å². The molecule has 3 rings (SSSR count). The van der Waals surface area contributed by atoms with Crippen molar-refractivity contribution in [2.45, 2.75) is 58.0 Å². The van der Waals surface area contributed by atoms with E-state index in [0.717, 1.165) is 17.4 Å². The molecule has 1 aromatic carbocycles. The van der Waals surface area contributed by atoms with E-state index in [1.807, 2.05) is 6.07 Å². The van der Waals surface area contributed by atoms with Crippen molar-refractivity contribution >= 4 is 0 Å². The normalized spacial score (nSPS) is 21.8. The Bertz CT molecular complexity index is 468. The van der Waals surface area contributed by atoms with Crippen LogP contribution in [0.4, 0.5) is 0 Å². The Kier molecular flexibility index (Phi) is 4.69. The van der Waals surface area contributed by atoms with E-state index in [0.29, 0.717) is 25.3 Å². The lowest BCUT2D eigenvalue weighted by atomic mass is 9.84. The van der Waals surface area contributed by atoms with E-state index in [4.69, 9.17) is 9.47 Å². The van der Waals surface area contributed by atoms with Crippen LogP contribution in [0.3, 0.4) is 0 Å². The summed E-state index contributed by atoms with van der Waals surface area (Å²) in [6.45, 7) is 5.88. The monoisotopic (exact) mass is 289 g/mol. The molecule has 0 aromatic heterocycles. The van der Waals surface area contributed by atoms with Crippen LogP contribution in [-0.2, 0) is 0 Å². The molecule has 21 heavy (non-hydrogen) atoms. The molecule has 1 saturated carbocycles. The van der Waals surface area contributed by atoms with Gasteiger partial charge in [-0.1, -0.05) is 25.3 Å². The van der Waals surface area contributed by atoms with Gasteiger partial charge >= 0.3 is 0 Å². The van der Waals surface area contributed by atoms with Crippen LogP contribution in [0.5, 0.6) is 11.5 Å². The second-order valence-electron chi connectivity index (χ2n) is 6.48. The SMILES string of the molecule is CC(NC(C)C1CCCCC1)c1ccc2c(c1)OCCO2. The number of benzene rings is 1. The van der Waals surface area contributed by atoms with Crippen molar-refractivity contribution in [1.82, 2.24) is 5.32 Å². The predicted molar refractivity (Wildman–Crippen MR) is 85.0 cm³/mol. The summed E-state index contributed by atoms with van der Waals surface area (Å²) in [5.74, 6) is 2.59. The first-order chi connectivity index (χ1) is 10.2. The highest BCUT2D eigenvalue weighted by Gasteiger charge is 2.22. The third-order valence-electron chi connectivity index (χ3n) is 4.94. The first kappa shape index (κ1) is 14.7. The molecule has 1 heterocycles. The van der Waals surface area contributed by atoms with E-state index in [1.165, 1.54) is 37.7 Å². The summed E-state index contributed by atoms with van der Waals surface area (Å²) >= 11 is 0. The molecule has 1 fully saturated rings. The minimum atomic E-state index is 0.345. The maximum atomic E-state index is 5.68. The van der Waals surface area contributed by atoms with E-state index in [1.54, 1.807) is 0 Å². The molecule has 2 unspecified atom stereocenters. The van der Waals surface area contributed by atoms with Crippen LogP contribution in [0.25, 0.3) is 0 Å². The van der Waals surface area contributed by atoms with Gasteiger partial charge in [0.1, 0.15) is 13.2 Å². The summed E-state index contributed by atoms with van der Waals surface area (Å²) in [4.78, 5) is 0. The summed E-state index contributed by atoms with van der Waals surface area (Å²) in [5, 5.41) is 3.78. The molecule has 0 radical (unpaired) electrons. The lowest BCUT2D eigenvalue weighted by molar-refractivity contribution is 0.171. The van der Waals surface area contributed by atoms with Gasteiger partial charge < -0.3 is 14.8 Å². The van der Waals surface area contributed by atoms with Crippen LogP contribution >= 0.6 is 0 Å². The van der Waals surface area contributed by atoms with Gasteiger partial charge in [-0.15, -0.1) is 0 Å². The largest absolute Gasteiger partial charge is 0.486 e. The Hall–Kier alpha value is -1.22. The molecule has 0 spiro atoms. The predicted octanol–water partition coefficient (Wildman–Crippen LogP) is 4.08. The van der Waals surface area contributed by atoms with Crippen LogP contribution in [-0.4, -0.2) is 19.3 Å². The molecule has 3 heteroatoms. The van der Waals surface area contributed by atoms with E-state index in [2.05, 4.69) is 31.3 Å². The number of ether oxygens (including phenoxy) is 2. The van der Waals surface area contributed by atoms with Crippen molar-refractivity contribution in [2.24, 2.45) is 5.92 Å². The zero-order chi connectivity index (χ0) is 14.7. The first-order valence-corrected chi connectivity index (χ1v) is 8.39. The van der Waals surface area contributed by atoms with Crippen molar-refractivity contribution in [3.63, 3.8) is 0 Å². The molecule has 1 aromatic rings. The van der Waals surface area contributed by atoms with Crippen molar-refractivity contribution in [3.05, 3.63) is 23.8 Å². The molecule has 3 nitrogen and oxygen atoms in total.